The lowest BCUT2D eigenvalue weighted by Gasteiger charge is -2.11. The molecule has 98 valence electrons. The Morgan fingerprint density at radius 1 is 1.26 bits per heavy atom. The predicted molar refractivity (Wildman–Crippen MR) is 75.3 cm³/mol. The van der Waals surface area contributed by atoms with Gasteiger partial charge in [0.25, 0.3) is 0 Å². The molecule has 0 spiro atoms. The third-order valence-corrected chi connectivity index (χ3v) is 2.98. The number of nitrogens with two attached hydrogens (primary N) is 1. The second-order valence-corrected chi connectivity index (χ2v) is 4.40. The molecule has 0 fully saturated rings. The summed E-state index contributed by atoms with van der Waals surface area (Å²) in [6.07, 6.45) is 0. The lowest BCUT2D eigenvalue weighted by atomic mass is 10.1. The first-order valence-corrected chi connectivity index (χ1v) is 5.91. The van der Waals surface area contributed by atoms with E-state index in [1.807, 2.05) is 0 Å². The number of benzene rings is 2. The molecule has 3 N–H and O–H groups in total. The van der Waals surface area contributed by atoms with Gasteiger partial charge in [-0.2, -0.15) is 0 Å². The first kappa shape index (κ1) is 13.1. The van der Waals surface area contributed by atoms with Gasteiger partial charge in [-0.3, -0.25) is 4.79 Å². The van der Waals surface area contributed by atoms with Gasteiger partial charge in [0.1, 0.15) is 5.82 Å². The molecule has 0 saturated carbocycles. The van der Waals surface area contributed by atoms with Crippen molar-refractivity contribution in [2.24, 2.45) is 0 Å². The number of halogens is 1. The zero-order valence-electron chi connectivity index (χ0n) is 10.8. The number of carbonyl (C=O) groups is 1. The Bertz CT molecular complexity index is 638. The van der Waals surface area contributed by atoms with Crippen LogP contribution in [-0.2, 0) is 0 Å². The Labute approximate surface area is 111 Å². The van der Waals surface area contributed by atoms with E-state index in [1.54, 1.807) is 37.3 Å². The van der Waals surface area contributed by atoms with Crippen molar-refractivity contribution in [1.82, 2.24) is 0 Å². The first-order valence-electron chi connectivity index (χ1n) is 5.91. The van der Waals surface area contributed by atoms with Crippen LogP contribution in [0.1, 0.15) is 22.8 Å². The van der Waals surface area contributed by atoms with Crippen molar-refractivity contribution in [1.29, 1.82) is 0 Å². The Morgan fingerprint density at radius 3 is 2.68 bits per heavy atom. The maximum absolute atomic E-state index is 13.4. The van der Waals surface area contributed by atoms with E-state index in [-0.39, 0.29) is 11.6 Å². The van der Waals surface area contributed by atoms with E-state index in [2.05, 4.69) is 5.32 Å². The third-order valence-electron chi connectivity index (χ3n) is 2.98. The number of ketones is 1. The van der Waals surface area contributed by atoms with Crippen LogP contribution in [0.4, 0.5) is 21.5 Å². The van der Waals surface area contributed by atoms with Gasteiger partial charge in [0.15, 0.2) is 5.78 Å². The molecule has 0 aliphatic heterocycles. The molecule has 2 aromatic carbocycles. The van der Waals surface area contributed by atoms with Crippen LogP contribution in [0.2, 0.25) is 0 Å². The van der Waals surface area contributed by atoms with E-state index in [9.17, 15) is 9.18 Å². The molecule has 0 aliphatic carbocycles. The van der Waals surface area contributed by atoms with Gasteiger partial charge in [-0.15, -0.1) is 0 Å². The zero-order chi connectivity index (χ0) is 14.0. The van der Waals surface area contributed by atoms with Crippen LogP contribution < -0.4 is 11.1 Å². The van der Waals surface area contributed by atoms with Crippen molar-refractivity contribution in [3.05, 3.63) is 53.3 Å². The van der Waals surface area contributed by atoms with Crippen LogP contribution in [0.25, 0.3) is 0 Å². The van der Waals surface area contributed by atoms with Crippen molar-refractivity contribution in [2.45, 2.75) is 13.8 Å². The minimum atomic E-state index is -0.271. The third kappa shape index (κ3) is 2.73. The number of anilines is 3. The summed E-state index contributed by atoms with van der Waals surface area (Å²) in [6.45, 7) is 3.16. The lowest BCUT2D eigenvalue weighted by Crippen LogP contribution is -2.02. The molecule has 0 heterocycles. The van der Waals surface area contributed by atoms with Crippen LogP contribution in [0.3, 0.4) is 0 Å². The fraction of sp³-hybridized carbons (Fsp3) is 0.133. The number of nitrogen functional groups attached to an aromatic ring is 1. The van der Waals surface area contributed by atoms with Gasteiger partial charge in [-0.1, -0.05) is 6.07 Å². The molecule has 0 radical (unpaired) electrons. The minimum absolute atomic E-state index is 0.0999. The van der Waals surface area contributed by atoms with E-state index in [1.165, 1.54) is 13.0 Å². The highest BCUT2D eigenvalue weighted by Crippen LogP contribution is 2.25. The van der Waals surface area contributed by atoms with Crippen LogP contribution in [-0.4, -0.2) is 5.78 Å². The SMILES string of the molecule is CC(=O)c1cc(Nc2cccc(F)c2C)ccc1N. The number of Topliss-reactive ketones (excluding diaryl/α,β-unsaturated/α-hetero) is 1. The van der Waals surface area contributed by atoms with Crippen molar-refractivity contribution in [3.8, 4) is 0 Å². The average Bonchev–Trinajstić information content (AvgIpc) is 2.37. The normalized spacial score (nSPS) is 10.3. The van der Waals surface area contributed by atoms with Crippen molar-refractivity contribution in [2.75, 3.05) is 11.1 Å². The summed E-state index contributed by atoms with van der Waals surface area (Å²) in [5, 5.41) is 3.09. The number of hydrogen-bond acceptors (Lipinski definition) is 3. The summed E-state index contributed by atoms with van der Waals surface area (Å²) in [5.41, 5.74) is 8.52. The molecule has 2 aromatic rings. The van der Waals surface area contributed by atoms with Gasteiger partial charge >= 0.3 is 0 Å². The lowest BCUT2D eigenvalue weighted by molar-refractivity contribution is 0.101. The van der Waals surface area contributed by atoms with E-state index in [4.69, 9.17) is 5.73 Å². The van der Waals surface area contributed by atoms with Crippen molar-refractivity contribution in [3.63, 3.8) is 0 Å². The number of rotatable bonds is 3. The van der Waals surface area contributed by atoms with E-state index >= 15 is 0 Å². The number of carbonyl (C=O) groups excluding carboxylic acids is 1. The molecule has 0 amide bonds. The van der Waals surface area contributed by atoms with Crippen LogP contribution in [0.5, 0.6) is 0 Å². The van der Waals surface area contributed by atoms with Crippen molar-refractivity contribution < 1.29 is 9.18 Å². The molecule has 0 bridgehead atoms. The van der Waals surface area contributed by atoms with E-state index in [0.717, 1.165) is 0 Å². The molecule has 2 rings (SSSR count). The molecular formula is C15H15FN2O. The maximum Gasteiger partial charge on any atom is 0.161 e. The molecule has 0 aliphatic rings. The fourth-order valence-corrected chi connectivity index (χ4v) is 1.84. The van der Waals surface area contributed by atoms with Gasteiger partial charge in [0.05, 0.1) is 0 Å². The Morgan fingerprint density at radius 2 is 2.00 bits per heavy atom. The van der Waals surface area contributed by atoms with Gasteiger partial charge < -0.3 is 11.1 Å². The highest BCUT2D eigenvalue weighted by atomic mass is 19.1. The zero-order valence-corrected chi connectivity index (χ0v) is 10.8. The summed E-state index contributed by atoms with van der Waals surface area (Å²) < 4.78 is 13.4. The Hall–Kier alpha value is -2.36. The summed E-state index contributed by atoms with van der Waals surface area (Å²) in [6, 6.07) is 9.91. The molecule has 0 saturated heterocycles. The maximum atomic E-state index is 13.4. The fourth-order valence-electron chi connectivity index (χ4n) is 1.84. The van der Waals surface area contributed by atoms with Crippen LogP contribution in [0, 0.1) is 12.7 Å². The average molecular weight is 258 g/mol. The summed E-state index contributed by atoms with van der Waals surface area (Å²) >= 11 is 0. The largest absolute Gasteiger partial charge is 0.398 e. The van der Waals surface area contributed by atoms with Crippen molar-refractivity contribution >= 4 is 22.8 Å². The second kappa shape index (κ2) is 5.10. The molecule has 0 aromatic heterocycles. The van der Waals surface area contributed by atoms with Crippen LogP contribution >= 0.6 is 0 Å². The standard InChI is InChI=1S/C15H15FN2O/c1-9-13(16)4-3-5-15(9)18-11-6-7-14(17)12(8-11)10(2)19/h3-8,18H,17H2,1-2H3. The molecule has 0 unspecified atom stereocenters. The highest BCUT2D eigenvalue weighted by Gasteiger charge is 2.08. The van der Waals surface area contributed by atoms with Gasteiger partial charge in [-0.05, 0) is 44.2 Å². The van der Waals surface area contributed by atoms with Gasteiger partial charge in [0.2, 0.25) is 0 Å². The topological polar surface area (TPSA) is 55.1 Å². The minimum Gasteiger partial charge on any atom is -0.398 e. The molecule has 0 atom stereocenters. The highest BCUT2D eigenvalue weighted by molar-refractivity contribution is 6.00. The Balaban J connectivity index is 2.36. The van der Waals surface area contributed by atoms with Gasteiger partial charge in [0, 0.05) is 28.2 Å². The molecule has 19 heavy (non-hydrogen) atoms. The quantitative estimate of drug-likeness (QED) is 0.652. The summed E-state index contributed by atoms with van der Waals surface area (Å²) in [4.78, 5) is 11.4. The van der Waals surface area contributed by atoms with E-state index in [0.29, 0.717) is 28.2 Å². The Kier molecular flexibility index (Phi) is 3.51. The molecule has 4 heteroatoms. The van der Waals surface area contributed by atoms with Crippen LogP contribution in [0.15, 0.2) is 36.4 Å². The molecular weight excluding hydrogens is 243 g/mol. The molecule has 3 nitrogen and oxygen atoms in total. The number of hydrogen-bond donors (Lipinski definition) is 2. The number of nitrogens with one attached hydrogen (secondary N) is 1. The van der Waals surface area contributed by atoms with E-state index < -0.39 is 0 Å². The summed E-state index contributed by atoms with van der Waals surface area (Å²) in [7, 11) is 0. The smallest absolute Gasteiger partial charge is 0.161 e. The van der Waals surface area contributed by atoms with Gasteiger partial charge in [-0.25, -0.2) is 4.39 Å². The predicted octanol–water partition coefficient (Wildman–Crippen LogP) is 3.66. The monoisotopic (exact) mass is 258 g/mol. The summed E-state index contributed by atoms with van der Waals surface area (Å²) in [5.74, 6) is -0.371. The first-order chi connectivity index (χ1) is 8.99. The second-order valence-electron chi connectivity index (χ2n) is 4.40.